The van der Waals surface area contributed by atoms with Crippen LogP contribution in [0.25, 0.3) is 11.3 Å². The molecule has 2 atom stereocenters. The summed E-state index contributed by atoms with van der Waals surface area (Å²) in [6, 6.07) is 6.84. The lowest BCUT2D eigenvalue weighted by Gasteiger charge is -2.40. The van der Waals surface area contributed by atoms with E-state index in [-0.39, 0.29) is 11.9 Å². The number of thiazole rings is 1. The summed E-state index contributed by atoms with van der Waals surface area (Å²) in [4.78, 5) is 9.32. The summed E-state index contributed by atoms with van der Waals surface area (Å²) in [5, 5.41) is 12.6. The number of aromatic nitrogens is 1. The molecule has 1 aliphatic rings. The molecule has 2 heterocycles. The van der Waals surface area contributed by atoms with Crippen LogP contribution in [0, 0.1) is 5.82 Å². The predicted molar refractivity (Wildman–Crippen MR) is 92.4 cm³/mol. The number of rotatable bonds is 4. The summed E-state index contributed by atoms with van der Waals surface area (Å²) in [6.45, 7) is 7.47. The molecule has 0 amide bonds. The Bertz CT molecular complexity index is 644. The number of benzene rings is 1. The van der Waals surface area contributed by atoms with Gasteiger partial charge in [0, 0.05) is 43.2 Å². The van der Waals surface area contributed by atoms with Crippen LogP contribution in [0.3, 0.4) is 0 Å². The molecule has 1 aromatic carbocycles. The SMILES string of the molecule is CC(O)CN1CCN(c2nc(-c3ccc(F)cc3)cs2)CC1C. The van der Waals surface area contributed by atoms with Gasteiger partial charge in [-0.3, -0.25) is 4.90 Å². The molecule has 0 aliphatic carbocycles. The van der Waals surface area contributed by atoms with Gasteiger partial charge < -0.3 is 10.0 Å². The van der Waals surface area contributed by atoms with Crippen molar-refractivity contribution in [1.82, 2.24) is 9.88 Å². The van der Waals surface area contributed by atoms with Crippen LogP contribution in [-0.4, -0.2) is 53.3 Å². The molecule has 1 aliphatic heterocycles. The van der Waals surface area contributed by atoms with Crippen LogP contribution >= 0.6 is 11.3 Å². The Morgan fingerprint density at radius 2 is 2.09 bits per heavy atom. The number of hydrogen-bond acceptors (Lipinski definition) is 5. The highest BCUT2D eigenvalue weighted by Gasteiger charge is 2.26. The fourth-order valence-corrected chi connectivity index (χ4v) is 3.81. The third-order valence-corrected chi connectivity index (χ3v) is 5.07. The van der Waals surface area contributed by atoms with Crippen LogP contribution < -0.4 is 4.90 Å². The molecule has 2 unspecified atom stereocenters. The number of aliphatic hydroxyl groups excluding tert-OH is 1. The molecule has 23 heavy (non-hydrogen) atoms. The highest BCUT2D eigenvalue weighted by molar-refractivity contribution is 7.14. The minimum Gasteiger partial charge on any atom is -0.392 e. The summed E-state index contributed by atoms with van der Waals surface area (Å²) in [5.41, 5.74) is 1.83. The third kappa shape index (κ3) is 3.88. The van der Waals surface area contributed by atoms with Gasteiger partial charge in [-0.15, -0.1) is 11.3 Å². The molecule has 3 rings (SSSR count). The first-order valence-corrected chi connectivity index (χ1v) is 8.79. The molecule has 4 nitrogen and oxygen atoms in total. The molecule has 124 valence electrons. The van der Waals surface area contributed by atoms with E-state index in [0.717, 1.165) is 36.0 Å². The molecule has 1 saturated heterocycles. The lowest BCUT2D eigenvalue weighted by Crippen LogP contribution is -2.53. The molecule has 0 saturated carbocycles. The minimum absolute atomic E-state index is 0.229. The maximum Gasteiger partial charge on any atom is 0.185 e. The van der Waals surface area contributed by atoms with Crippen molar-refractivity contribution in [2.75, 3.05) is 31.1 Å². The summed E-state index contributed by atoms with van der Waals surface area (Å²) < 4.78 is 13.0. The van der Waals surface area contributed by atoms with Gasteiger partial charge in [0.05, 0.1) is 11.8 Å². The smallest absolute Gasteiger partial charge is 0.185 e. The maximum absolute atomic E-state index is 13.0. The third-order valence-electron chi connectivity index (χ3n) is 4.17. The van der Waals surface area contributed by atoms with E-state index in [1.165, 1.54) is 12.1 Å². The van der Waals surface area contributed by atoms with Crippen molar-refractivity contribution in [1.29, 1.82) is 0 Å². The summed E-state index contributed by atoms with van der Waals surface area (Å²) >= 11 is 1.63. The summed E-state index contributed by atoms with van der Waals surface area (Å²) in [7, 11) is 0. The van der Waals surface area contributed by atoms with Gasteiger partial charge in [0.15, 0.2) is 5.13 Å². The molecule has 1 N–H and O–H groups in total. The van der Waals surface area contributed by atoms with Gasteiger partial charge in [-0.25, -0.2) is 9.37 Å². The van der Waals surface area contributed by atoms with Crippen molar-refractivity contribution < 1.29 is 9.50 Å². The average Bonchev–Trinajstić information content (AvgIpc) is 2.99. The van der Waals surface area contributed by atoms with Crippen molar-refractivity contribution in [2.45, 2.75) is 26.0 Å². The minimum atomic E-state index is -0.297. The van der Waals surface area contributed by atoms with E-state index in [1.54, 1.807) is 23.5 Å². The number of aliphatic hydroxyl groups is 1. The van der Waals surface area contributed by atoms with Gasteiger partial charge in [0.25, 0.3) is 0 Å². The number of hydrogen-bond donors (Lipinski definition) is 1. The molecule has 0 radical (unpaired) electrons. The quantitative estimate of drug-likeness (QED) is 0.933. The zero-order valence-corrected chi connectivity index (χ0v) is 14.3. The van der Waals surface area contributed by atoms with Crippen LogP contribution in [0.1, 0.15) is 13.8 Å². The van der Waals surface area contributed by atoms with Crippen LogP contribution in [0.4, 0.5) is 9.52 Å². The van der Waals surface area contributed by atoms with E-state index in [0.29, 0.717) is 12.6 Å². The molecular weight excluding hydrogens is 313 g/mol. The Morgan fingerprint density at radius 3 is 2.74 bits per heavy atom. The Balaban J connectivity index is 1.68. The zero-order chi connectivity index (χ0) is 16.4. The van der Waals surface area contributed by atoms with E-state index in [9.17, 15) is 9.50 Å². The second kappa shape index (κ2) is 6.95. The van der Waals surface area contributed by atoms with Crippen LogP contribution in [0.2, 0.25) is 0 Å². The Labute approximate surface area is 140 Å². The normalized spacial score (nSPS) is 20.7. The lowest BCUT2D eigenvalue weighted by atomic mass is 10.2. The molecule has 1 aromatic heterocycles. The van der Waals surface area contributed by atoms with Gasteiger partial charge >= 0.3 is 0 Å². The highest BCUT2D eigenvalue weighted by Crippen LogP contribution is 2.29. The highest BCUT2D eigenvalue weighted by atomic mass is 32.1. The van der Waals surface area contributed by atoms with Gasteiger partial charge in [-0.1, -0.05) is 0 Å². The van der Waals surface area contributed by atoms with Crippen LogP contribution in [-0.2, 0) is 0 Å². The Morgan fingerprint density at radius 1 is 1.35 bits per heavy atom. The fraction of sp³-hybridized carbons (Fsp3) is 0.471. The Hall–Kier alpha value is -1.50. The van der Waals surface area contributed by atoms with E-state index in [1.807, 2.05) is 12.3 Å². The molecule has 2 aromatic rings. The van der Waals surface area contributed by atoms with E-state index in [4.69, 9.17) is 4.98 Å². The van der Waals surface area contributed by atoms with E-state index >= 15 is 0 Å². The van der Waals surface area contributed by atoms with Crippen molar-refractivity contribution in [3.05, 3.63) is 35.5 Å². The molecule has 0 spiro atoms. The monoisotopic (exact) mass is 335 g/mol. The van der Waals surface area contributed by atoms with Crippen LogP contribution in [0.15, 0.2) is 29.6 Å². The number of β-amino-alcohol motifs (C(OH)–C–C–N with tert-alkyl or cyclic N) is 1. The first-order chi connectivity index (χ1) is 11.0. The van der Waals surface area contributed by atoms with Crippen molar-refractivity contribution >= 4 is 16.5 Å². The number of anilines is 1. The van der Waals surface area contributed by atoms with Crippen molar-refractivity contribution in [2.24, 2.45) is 0 Å². The second-order valence-corrected chi connectivity index (χ2v) is 7.00. The standard InChI is InChI=1S/C17H22FN3OS/c1-12-9-21(8-7-20(12)10-13(2)22)17-19-16(11-23-17)14-3-5-15(18)6-4-14/h3-6,11-13,22H,7-10H2,1-2H3. The average molecular weight is 335 g/mol. The fourth-order valence-electron chi connectivity index (χ4n) is 2.94. The van der Waals surface area contributed by atoms with E-state index in [2.05, 4.69) is 16.7 Å². The van der Waals surface area contributed by atoms with Gasteiger partial charge in [0.2, 0.25) is 0 Å². The second-order valence-electron chi connectivity index (χ2n) is 6.16. The molecule has 1 fully saturated rings. The zero-order valence-electron chi connectivity index (χ0n) is 13.4. The largest absolute Gasteiger partial charge is 0.392 e. The van der Waals surface area contributed by atoms with E-state index < -0.39 is 0 Å². The lowest BCUT2D eigenvalue weighted by molar-refractivity contribution is 0.0960. The maximum atomic E-state index is 13.0. The molecular formula is C17H22FN3OS. The van der Waals surface area contributed by atoms with Gasteiger partial charge in [0.1, 0.15) is 5.82 Å². The van der Waals surface area contributed by atoms with Gasteiger partial charge in [-0.05, 0) is 38.1 Å². The Kier molecular flexibility index (Phi) is 4.94. The number of piperazine rings is 1. The predicted octanol–water partition coefficient (Wildman–Crippen LogP) is 2.84. The van der Waals surface area contributed by atoms with Crippen LogP contribution in [0.5, 0.6) is 0 Å². The molecule has 0 bridgehead atoms. The first kappa shape index (κ1) is 16.4. The van der Waals surface area contributed by atoms with Crippen molar-refractivity contribution in [3.8, 4) is 11.3 Å². The molecule has 6 heteroatoms. The summed E-state index contributed by atoms with van der Waals surface area (Å²) in [5.74, 6) is -0.229. The first-order valence-electron chi connectivity index (χ1n) is 7.91. The number of halogens is 1. The topological polar surface area (TPSA) is 39.6 Å². The van der Waals surface area contributed by atoms with Gasteiger partial charge in [-0.2, -0.15) is 0 Å². The van der Waals surface area contributed by atoms with Crippen molar-refractivity contribution in [3.63, 3.8) is 0 Å². The summed E-state index contributed by atoms with van der Waals surface area (Å²) in [6.07, 6.45) is -0.297. The number of nitrogens with zero attached hydrogens (tertiary/aromatic N) is 3.